The third kappa shape index (κ3) is 3.97. The number of hydrogen-bond donors (Lipinski definition) is 0. The molecule has 0 amide bonds. The van der Waals surface area contributed by atoms with Crippen molar-refractivity contribution in [1.29, 1.82) is 0 Å². The molecule has 0 radical (unpaired) electrons. The van der Waals surface area contributed by atoms with Gasteiger partial charge in [0.1, 0.15) is 11.4 Å². The molecule has 1 saturated carbocycles. The van der Waals surface area contributed by atoms with Crippen molar-refractivity contribution in [1.82, 2.24) is 19.5 Å². The Hall–Kier alpha value is -2.94. The van der Waals surface area contributed by atoms with Crippen molar-refractivity contribution < 1.29 is 14.3 Å². The SMILES string of the molecule is CCn1c(SCc2ncc(C)c(OC)c2C)nc(=O)c2c(C(=O)OC)cc(C3CC3)nc21. The van der Waals surface area contributed by atoms with Crippen molar-refractivity contribution in [2.24, 2.45) is 0 Å². The molecule has 1 aliphatic carbocycles. The fourth-order valence-electron chi connectivity index (χ4n) is 3.85. The zero-order valence-corrected chi connectivity index (χ0v) is 19.7. The molecule has 3 aromatic rings. The van der Waals surface area contributed by atoms with Crippen LogP contribution in [0.1, 0.15) is 58.6 Å². The van der Waals surface area contributed by atoms with E-state index >= 15 is 0 Å². The standard InChI is InChI=1S/C23H26N4O4S/c1-6-27-20-18(15(22(29)31-5)9-16(25-20)14-7-8-14)21(28)26-23(27)32-11-17-13(3)19(30-4)12(2)10-24-17/h9-10,14H,6-8,11H2,1-5H3. The van der Waals surface area contributed by atoms with Crippen LogP contribution in [0.5, 0.6) is 5.75 Å². The number of ether oxygens (including phenoxy) is 2. The maximum Gasteiger partial charge on any atom is 0.338 e. The zero-order chi connectivity index (χ0) is 23.0. The summed E-state index contributed by atoms with van der Waals surface area (Å²) in [4.78, 5) is 39.1. The molecule has 0 N–H and O–H groups in total. The van der Waals surface area contributed by atoms with Crippen molar-refractivity contribution in [3.05, 3.63) is 50.7 Å². The van der Waals surface area contributed by atoms with Gasteiger partial charge in [0, 0.05) is 41.2 Å². The number of hydrogen-bond acceptors (Lipinski definition) is 8. The van der Waals surface area contributed by atoms with Crippen LogP contribution in [0.3, 0.4) is 0 Å². The number of thioether (sulfide) groups is 1. The van der Waals surface area contributed by atoms with Crippen LogP contribution < -0.4 is 10.3 Å². The molecule has 8 nitrogen and oxygen atoms in total. The maximum absolute atomic E-state index is 13.0. The van der Waals surface area contributed by atoms with E-state index in [0.717, 1.165) is 41.1 Å². The summed E-state index contributed by atoms with van der Waals surface area (Å²) >= 11 is 1.42. The van der Waals surface area contributed by atoms with Gasteiger partial charge in [0.15, 0.2) is 5.16 Å². The molecule has 3 heterocycles. The van der Waals surface area contributed by atoms with Crippen molar-refractivity contribution in [2.45, 2.75) is 57.0 Å². The topological polar surface area (TPSA) is 96.2 Å². The van der Waals surface area contributed by atoms with Crippen LogP contribution >= 0.6 is 11.8 Å². The van der Waals surface area contributed by atoms with Gasteiger partial charge in [-0.2, -0.15) is 4.98 Å². The second-order valence-electron chi connectivity index (χ2n) is 7.84. The lowest BCUT2D eigenvalue weighted by atomic mass is 10.1. The lowest BCUT2D eigenvalue weighted by Crippen LogP contribution is -2.21. The first-order valence-corrected chi connectivity index (χ1v) is 11.5. The van der Waals surface area contributed by atoms with Gasteiger partial charge in [-0.15, -0.1) is 0 Å². The minimum absolute atomic E-state index is 0.207. The molecular formula is C23H26N4O4S. The predicted octanol–water partition coefficient (Wildman–Crippen LogP) is 3.79. The summed E-state index contributed by atoms with van der Waals surface area (Å²) in [5.74, 6) is 1.10. The average Bonchev–Trinajstić information content (AvgIpc) is 3.63. The summed E-state index contributed by atoms with van der Waals surface area (Å²) in [5.41, 5.74) is 3.86. The van der Waals surface area contributed by atoms with E-state index in [1.54, 1.807) is 19.4 Å². The lowest BCUT2D eigenvalue weighted by molar-refractivity contribution is 0.0602. The number of methoxy groups -OCH3 is 2. The smallest absolute Gasteiger partial charge is 0.338 e. The molecule has 0 atom stereocenters. The van der Waals surface area contributed by atoms with Gasteiger partial charge >= 0.3 is 5.97 Å². The van der Waals surface area contributed by atoms with E-state index < -0.39 is 11.5 Å². The molecule has 1 fully saturated rings. The lowest BCUT2D eigenvalue weighted by Gasteiger charge is -2.16. The first kappa shape index (κ1) is 22.3. The molecule has 3 aromatic heterocycles. The summed E-state index contributed by atoms with van der Waals surface area (Å²) in [6.07, 6.45) is 3.85. The van der Waals surface area contributed by atoms with E-state index in [9.17, 15) is 9.59 Å². The highest BCUT2D eigenvalue weighted by Crippen LogP contribution is 2.40. The molecule has 1 aliphatic rings. The molecule has 4 rings (SSSR count). The van der Waals surface area contributed by atoms with Gasteiger partial charge in [-0.3, -0.25) is 9.78 Å². The summed E-state index contributed by atoms with van der Waals surface area (Å²) in [6.45, 7) is 6.45. The predicted molar refractivity (Wildman–Crippen MR) is 123 cm³/mol. The van der Waals surface area contributed by atoms with Crippen LogP contribution in [-0.4, -0.2) is 39.7 Å². The fraction of sp³-hybridized carbons (Fsp3) is 0.435. The van der Waals surface area contributed by atoms with Gasteiger partial charge in [0.25, 0.3) is 5.56 Å². The van der Waals surface area contributed by atoms with Crippen LogP contribution in [0.2, 0.25) is 0 Å². The summed E-state index contributed by atoms with van der Waals surface area (Å²) in [7, 11) is 2.96. The number of pyridine rings is 2. The van der Waals surface area contributed by atoms with E-state index in [-0.39, 0.29) is 10.9 Å². The first-order chi connectivity index (χ1) is 15.4. The number of carbonyl (C=O) groups excluding carboxylic acids is 1. The highest BCUT2D eigenvalue weighted by Gasteiger charge is 2.29. The normalized spacial score (nSPS) is 13.4. The second-order valence-corrected chi connectivity index (χ2v) is 8.78. The number of nitrogens with zero attached hydrogens (tertiary/aromatic N) is 4. The number of rotatable bonds is 7. The molecule has 0 saturated heterocycles. The van der Waals surface area contributed by atoms with Crippen LogP contribution in [-0.2, 0) is 17.0 Å². The Morgan fingerprint density at radius 2 is 2.00 bits per heavy atom. The minimum Gasteiger partial charge on any atom is -0.496 e. The van der Waals surface area contributed by atoms with Crippen molar-refractivity contribution in [3.63, 3.8) is 0 Å². The summed E-state index contributed by atoms with van der Waals surface area (Å²) < 4.78 is 12.3. The van der Waals surface area contributed by atoms with Gasteiger partial charge in [-0.05, 0) is 39.7 Å². The molecule has 0 spiro atoms. The van der Waals surface area contributed by atoms with Gasteiger partial charge < -0.3 is 14.0 Å². The molecule has 168 valence electrons. The zero-order valence-electron chi connectivity index (χ0n) is 18.9. The minimum atomic E-state index is -0.548. The Bertz CT molecular complexity index is 1270. The molecule has 0 unspecified atom stereocenters. The van der Waals surface area contributed by atoms with Gasteiger partial charge in [-0.1, -0.05) is 11.8 Å². The highest BCUT2D eigenvalue weighted by atomic mass is 32.2. The molecule has 9 heteroatoms. The summed E-state index contributed by atoms with van der Waals surface area (Å²) in [6, 6.07) is 1.69. The van der Waals surface area contributed by atoms with E-state index in [4.69, 9.17) is 14.5 Å². The van der Waals surface area contributed by atoms with Crippen LogP contribution in [0.25, 0.3) is 11.0 Å². The first-order valence-electron chi connectivity index (χ1n) is 10.5. The van der Waals surface area contributed by atoms with Gasteiger partial charge in [0.05, 0.1) is 30.9 Å². The molecule has 0 bridgehead atoms. The molecule has 0 aliphatic heterocycles. The van der Waals surface area contributed by atoms with Gasteiger partial charge in [-0.25, -0.2) is 9.78 Å². The number of aromatic nitrogens is 4. The second kappa shape index (κ2) is 8.90. The number of esters is 1. The Morgan fingerprint density at radius 1 is 1.25 bits per heavy atom. The van der Waals surface area contributed by atoms with E-state index in [1.165, 1.54) is 18.9 Å². The highest BCUT2D eigenvalue weighted by molar-refractivity contribution is 7.98. The van der Waals surface area contributed by atoms with Crippen molar-refractivity contribution >= 4 is 28.8 Å². The third-order valence-electron chi connectivity index (χ3n) is 5.72. The van der Waals surface area contributed by atoms with Crippen LogP contribution in [0.15, 0.2) is 22.2 Å². The van der Waals surface area contributed by atoms with E-state index in [2.05, 4.69) is 9.97 Å². The number of aryl methyl sites for hydroxylation is 2. The molecular weight excluding hydrogens is 428 g/mol. The summed E-state index contributed by atoms with van der Waals surface area (Å²) in [5, 5.41) is 0.751. The fourth-order valence-corrected chi connectivity index (χ4v) is 4.93. The quantitative estimate of drug-likeness (QED) is 0.302. The Labute approximate surface area is 190 Å². The van der Waals surface area contributed by atoms with Crippen LogP contribution in [0.4, 0.5) is 0 Å². The van der Waals surface area contributed by atoms with Crippen molar-refractivity contribution in [3.8, 4) is 5.75 Å². The Balaban J connectivity index is 1.81. The van der Waals surface area contributed by atoms with Gasteiger partial charge in [0.2, 0.25) is 0 Å². The Kier molecular flexibility index (Phi) is 6.19. The number of fused-ring (bicyclic) bond motifs is 1. The van der Waals surface area contributed by atoms with Crippen LogP contribution in [0, 0.1) is 13.8 Å². The average molecular weight is 455 g/mol. The number of carbonyl (C=O) groups is 1. The maximum atomic E-state index is 13.0. The largest absolute Gasteiger partial charge is 0.496 e. The Morgan fingerprint density at radius 3 is 2.62 bits per heavy atom. The van der Waals surface area contributed by atoms with E-state index in [0.29, 0.717) is 29.0 Å². The third-order valence-corrected chi connectivity index (χ3v) is 6.71. The molecule has 32 heavy (non-hydrogen) atoms. The van der Waals surface area contributed by atoms with E-state index in [1.807, 2.05) is 25.3 Å². The monoisotopic (exact) mass is 454 g/mol. The molecule has 0 aromatic carbocycles. The van der Waals surface area contributed by atoms with Crippen molar-refractivity contribution in [2.75, 3.05) is 14.2 Å².